The second-order valence-corrected chi connectivity index (χ2v) is 4.20. The van der Waals surface area contributed by atoms with Crippen molar-refractivity contribution in [3.05, 3.63) is 69.5 Å². The van der Waals surface area contributed by atoms with E-state index in [0.29, 0.717) is 11.1 Å². The van der Waals surface area contributed by atoms with Gasteiger partial charge < -0.3 is 5.32 Å². The van der Waals surface area contributed by atoms with Crippen LogP contribution in [0.25, 0.3) is 0 Å². The summed E-state index contributed by atoms with van der Waals surface area (Å²) in [7, 11) is 0. The second-order valence-electron chi connectivity index (χ2n) is 4.20. The summed E-state index contributed by atoms with van der Waals surface area (Å²) in [6.07, 6.45) is 0. The van der Waals surface area contributed by atoms with Crippen LogP contribution in [0.3, 0.4) is 0 Å². The summed E-state index contributed by atoms with van der Waals surface area (Å²) in [5.74, 6) is -1.38. The van der Waals surface area contributed by atoms with E-state index < -0.39 is 22.3 Å². The molecule has 0 fully saturated rings. The van der Waals surface area contributed by atoms with Crippen molar-refractivity contribution in [2.45, 2.75) is 6.92 Å². The number of aryl methyl sites for hydroxylation is 1. The number of carbonyl (C=O) groups is 1. The molecule has 0 saturated carbocycles. The molecule has 0 aromatic heterocycles. The number of hydrogen-bond acceptors (Lipinski definition) is 3. The van der Waals surface area contributed by atoms with Gasteiger partial charge in [-0.05, 0) is 24.6 Å². The molecule has 0 bridgehead atoms. The molecule has 0 aliphatic heterocycles. The van der Waals surface area contributed by atoms with Gasteiger partial charge in [-0.1, -0.05) is 18.2 Å². The average molecular weight is 274 g/mol. The van der Waals surface area contributed by atoms with Crippen LogP contribution in [0.4, 0.5) is 15.8 Å². The van der Waals surface area contributed by atoms with Crippen LogP contribution >= 0.6 is 0 Å². The first-order chi connectivity index (χ1) is 9.49. The summed E-state index contributed by atoms with van der Waals surface area (Å²) in [5.41, 5.74) is 0.440. The van der Waals surface area contributed by atoms with Gasteiger partial charge in [0.25, 0.3) is 5.91 Å². The molecule has 102 valence electrons. The van der Waals surface area contributed by atoms with Crippen molar-refractivity contribution in [2.24, 2.45) is 0 Å². The van der Waals surface area contributed by atoms with Gasteiger partial charge in [0, 0.05) is 23.4 Å². The minimum absolute atomic E-state index is 0.210. The van der Waals surface area contributed by atoms with Gasteiger partial charge in [0.15, 0.2) is 0 Å². The molecule has 1 amide bonds. The monoisotopic (exact) mass is 274 g/mol. The molecule has 0 aliphatic carbocycles. The summed E-state index contributed by atoms with van der Waals surface area (Å²) in [6, 6.07) is 10.5. The van der Waals surface area contributed by atoms with Gasteiger partial charge in [-0.15, -0.1) is 0 Å². The van der Waals surface area contributed by atoms with Crippen LogP contribution in [-0.4, -0.2) is 10.8 Å². The standard InChI is InChI=1S/C14H11FN2O3/c1-9-7-13(17(19)20)11(15)8-12(9)16-14(18)10-5-3-2-4-6-10/h2-8H,1H3,(H,16,18). The summed E-state index contributed by atoms with van der Waals surface area (Å²) in [5, 5.41) is 13.1. The number of carbonyl (C=O) groups excluding carboxylic acids is 1. The minimum Gasteiger partial charge on any atom is -0.322 e. The van der Waals surface area contributed by atoms with Crippen LogP contribution < -0.4 is 5.32 Å². The first-order valence-electron chi connectivity index (χ1n) is 5.80. The van der Waals surface area contributed by atoms with Gasteiger partial charge in [-0.3, -0.25) is 14.9 Å². The SMILES string of the molecule is Cc1cc([N+](=O)[O-])c(F)cc1NC(=O)c1ccccc1. The molecule has 0 atom stereocenters. The van der Waals surface area contributed by atoms with Crippen LogP contribution in [0.15, 0.2) is 42.5 Å². The molecule has 0 spiro atoms. The van der Waals surface area contributed by atoms with Crippen molar-refractivity contribution in [3.63, 3.8) is 0 Å². The highest BCUT2D eigenvalue weighted by molar-refractivity contribution is 6.04. The lowest BCUT2D eigenvalue weighted by atomic mass is 10.1. The smallest absolute Gasteiger partial charge is 0.305 e. The minimum atomic E-state index is -0.982. The lowest BCUT2D eigenvalue weighted by molar-refractivity contribution is -0.387. The highest BCUT2D eigenvalue weighted by Gasteiger charge is 2.17. The number of hydrogen-bond donors (Lipinski definition) is 1. The fourth-order valence-corrected chi connectivity index (χ4v) is 1.72. The van der Waals surface area contributed by atoms with Gasteiger partial charge >= 0.3 is 5.69 Å². The van der Waals surface area contributed by atoms with E-state index in [4.69, 9.17) is 0 Å². The molecule has 2 aromatic rings. The van der Waals surface area contributed by atoms with Crippen LogP contribution in [0, 0.1) is 22.9 Å². The van der Waals surface area contributed by atoms with Crippen molar-refractivity contribution >= 4 is 17.3 Å². The molecule has 0 radical (unpaired) electrons. The van der Waals surface area contributed by atoms with Crippen molar-refractivity contribution in [1.29, 1.82) is 0 Å². The Morgan fingerprint density at radius 2 is 1.90 bits per heavy atom. The molecule has 0 heterocycles. The Morgan fingerprint density at radius 1 is 1.25 bits per heavy atom. The van der Waals surface area contributed by atoms with E-state index >= 15 is 0 Å². The number of amides is 1. The Labute approximate surface area is 114 Å². The van der Waals surface area contributed by atoms with E-state index in [2.05, 4.69) is 5.32 Å². The predicted molar refractivity (Wildman–Crippen MR) is 72.2 cm³/mol. The molecule has 2 aromatic carbocycles. The Morgan fingerprint density at radius 3 is 2.50 bits per heavy atom. The fraction of sp³-hybridized carbons (Fsp3) is 0.0714. The van der Waals surface area contributed by atoms with Crippen molar-refractivity contribution in [3.8, 4) is 0 Å². The zero-order valence-corrected chi connectivity index (χ0v) is 10.6. The quantitative estimate of drug-likeness (QED) is 0.689. The van der Waals surface area contributed by atoms with Crippen LogP contribution in [0.1, 0.15) is 15.9 Å². The summed E-state index contributed by atoms with van der Waals surface area (Å²) >= 11 is 0. The lowest BCUT2D eigenvalue weighted by Gasteiger charge is -2.08. The third kappa shape index (κ3) is 2.80. The molecule has 20 heavy (non-hydrogen) atoms. The van der Waals surface area contributed by atoms with Gasteiger partial charge in [-0.25, -0.2) is 0 Å². The Bertz CT molecular complexity index is 672. The van der Waals surface area contributed by atoms with E-state index in [1.807, 2.05) is 0 Å². The summed E-state index contributed by atoms with van der Waals surface area (Å²) in [6.45, 7) is 1.56. The number of halogens is 1. The number of rotatable bonds is 3. The maximum Gasteiger partial charge on any atom is 0.305 e. The van der Waals surface area contributed by atoms with Crippen molar-refractivity contribution in [2.75, 3.05) is 5.32 Å². The topological polar surface area (TPSA) is 72.2 Å². The Balaban J connectivity index is 2.29. The number of nitro benzene ring substituents is 1. The van der Waals surface area contributed by atoms with Gasteiger partial charge in [0.2, 0.25) is 5.82 Å². The summed E-state index contributed by atoms with van der Waals surface area (Å²) < 4.78 is 13.5. The maximum absolute atomic E-state index is 13.5. The number of nitrogens with zero attached hydrogens (tertiary/aromatic N) is 1. The highest BCUT2D eigenvalue weighted by Crippen LogP contribution is 2.25. The van der Waals surface area contributed by atoms with Crippen molar-refractivity contribution < 1.29 is 14.1 Å². The summed E-state index contributed by atoms with van der Waals surface area (Å²) in [4.78, 5) is 21.7. The normalized spacial score (nSPS) is 10.1. The zero-order chi connectivity index (χ0) is 14.7. The van der Waals surface area contributed by atoms with Crippen LogP contribution in [0.5, 0.6) is 0 Å². The van der Waals surface area contributed by atoms with Crippen LogP contribution in [-0.2, 0) is 0 Å². The van der Waals surface area contributed by atoms with Crippen molar-refractivity contribution in [1.82, 2.24) is 0 Å². The third-order valence-electron chi connectivity index (χ3n) is 2.77. The van der Waals surface area contributed by atoms with E-state index in [0.717, 1.165) is 12.1 Å². The van der Waals surface area contributed by atoms with E-state index in [1.54, 1.807) is 37.3 Å². The zero-order valence-electron chi connectivity index (χ0n) is 10.6. The first-order valence-corrected chi connectivity index (χ1v) is 5.80. The molecule has 6 heteroatoms. The molecular formula is C14H11FN2O3. The van der Waals surface area contributed by atoms with Gasteiger partial charge in [0.1, 0.15) is 0 Å². The molecule has 0 unspecified atom stereocenters. The molecular weight excluding hydrogens is 263 g/mol. The van der Waals surface area contributed by atoms with E-state index in [9.17, 15) is 19.3 Å². The Kier molecular flexibility index (Phi) is 3.74. The third-order valence-corrected chi connectivity index (χ3v) is 2.77. The number of nitrogens with one attached hydrogen (secondary N) is 1. The molecule has 0 saturated heterocycles. The Hall–Kier alpha value is -2.76. The first kappa shape index (κ1) is 13.7. The fourth-order valence-electron chi connectivity index (χ4n) is 1.72. The molecule has 1 N–H and O–H groups in total. The number of nitro groups is 1. The average Bonchev–Trinajstić information content (AvgIpc) is 2.43. The van der Waals surface area contributed by atoms with Gasteiger partial charge in [-0.2, -0.15) is 4.39 Å². The van der Waals surface area contributed by atoms with E-state index in [-0.39, 0.29) is 5.69 Å². The maximum atomic E-state index is 13.5. The molecule has 5 nitrogen and oxygen atoms in total. The molecule has 2 rings (SSSR count). The van der Waals surface area contributed by atoms with Gasteiger partial charge in [0.05, 0.1) is 4.92 Å². The van der Waals surface area contributed by atoms with Crippen LogP contribution in [0.2, 0.25) is 0 Å². The van der Waals surface area contributed by atoms with E-state index in [1.165, 1.54) is 0 Å². The highest BCUT2D eigenvalue weighted by atomic mass is 19.1. The predicted octanol–water partition coefficient (Wildman–Crippen LogP) is 3.29. The largest absolute Gasteiger partial charge is 0.322 e. The number of anilines is 1. The number of benzene rings is 2. The molecule has 0 aliphatic rings. The second kappa shape index (κ2) is 5.48. The lowest BCUT2D eigenvalue weighted by Crippen LogP contribution is -2.13.